The van der Waals surface area contributed by atoms with Crippen LogP contribution >= 0.6 is 0 Å². The van der Waals surface area contributed by atoms with Crippen LogP contribution in [0.15, 0.2) is 28.8 Å². The highest BCUT2D eigenvalue weighted by Crippen LogP contribution is 2.22. The van der Waals surface area contributed by atoms with Crippen molar-refractivity contribution in [2.24, 2.45) is 0 Å². The van der Waals surface area contributed by atoms with Crippen LogP contribution in [0.3, 0.4) is 0 Å². The average molecular weight is 292 g/mol. The molecule has 4 nitrogen and oxygen atoms in total. The maximum atomic E-state index is 13.5. The molecule has 1 heterocycles. The first-order valence-corrected chi connectivity index (χ1v) is 7.11. The van der Waals surface area contributed by atoms with Gasteiger partial charge in [0.25, 0.3) is 0 Å². The Balaban J connectivity index is 1.85. The molecule has 114 valence electrons. The predicted octanol–water partition coefficient (Wildman–Crippen LogP) is 2.96. The smallest absolute Gasteiger partial charge is 0.194 e. The van der Waals surface area contributed by atoms with Crippen LogP contribution in [0.25, 0.3) is 11.3 Å². The van der Waals surface area contributed by atoms with E-state index in [1.165, 1.54) is 6.07 Å². The van der Waals surface area contributed by atoms with Gasteiger partial charge in [-0.1, -0.05) is 12.1 Å². The van der Waals surface area contributed by atoms with Gasteiger partial charge in [0, 0.05) is 25.6 Å². The van der Waals surface area contributed by atoms with Gasteiger partial charge in [-0.25, -0.2) is 9.37 Å². The summed E-state index contributed by atoms with van der Waals surface area (Å²) in [6, 6.07) is 5.06. The van der Waals surface area contributed by atoms with E-state index < -0.39 is 0 Å². The molecule has 0 fully saturated rings. The summed E-state index contributed by atoms with van der Waals surface area (Å²) in [5, 5.41) is 3.26. The van der Waals surface area contributed by atoms with E-state index in [0.717, 1.165) is 31.5 Å². The third-order valence-electron chi connectivity index (χ3n) is 3.24. The molecule has 0 amide bonds. The lowest BCUT2D eigenvalue weighted by Crippen LogP contribution is -2.20. The Hall–Kier alpha value is -1.72. The number of methoxy groups -OCH3 is 1. The summed E-state index contributed by atoms with van der Waals surface area (Å²) >= 11 is 0. The molecule has 0 aliphatic carbocycles. The van der Waals surface area contributed by atoms with Gasteiger partial charge in [-0.2, -0.15) is 0 Å². The summed E-state index contributed by atoms with van der Waals surface area (Å²) in [5.41, 5.74) is 1.34. The van der Waals surface area contributed by atoms with Crippen molar-refractivity contribution < 1.29 is 13.5 Å². The number of hydrogen-bond acceptors (Lipinski definition) is 4. The number of aromatic nitrogens is 1. The van der Waals surface area contributed by atoms with Crippen LogP contribution in [0.4, 0.5) is 4.39 Å². The van der Waals surface area contributed by atoms with Crippen molar-refractivity contribution in [1.82, 2.24) is 10.3 Å². The Morgan fingerprint density at radius 1 is 1.33 bits per heavy atom. The van der Waals surface area contributed by atoms with Gasteiger partial charge in [0.05, 0.1) is 12.8 Å². The quantitative estimate of drug-likeness (QED) is 0.760. The Kier molecular flexibility index (Phi) is 5.90. The van der Waals surface area contributed by atoms with Crippen LogP contribution in [-0.4, -0.2) is 31.8 Å². The van der Waals surface area contributed by atoms with Gasteiger partial charge in [-0.15, -0.1) is 0 Å². The van der Waals surface area contributed by atoms with Gasteiger partial charge in [-0.05, 0) is 31.5 Å². The van der Waals surface area contributed by atoms with Crippen LogP contribution in [-0.2, 0) is 11.2 Å². The Labute approximate surface area is 124 Å². The molecule has 0 atom stereocenters. The highest BCUT2D eigenvalue weighted by Gasteiger charge is 2.08. The first-order chi connectivity index (χ1) is 10.2. The van der Waals surface area contributed by atoms with E-state index in [1.807, 2.05) is 6.07 Å². The molecule has 0 aliphatic heterocycles. The zero-order valence-electron chi connectivity index (χ0n) is 12.5. The van der Waals surface area contributed by atoms with Crippen molar-refractivity contribution in [3.63, 3.8) is 0 Å². The normalized spacial score (nSPS) is 11.0. The number of hydrogen-bond donors (Lipinski definition) is 1. The summed E-state index contributed by atoms with van der Waals surface area (Å²) < 4.78 is 24.2. The number of benzene rings is 1. The minimum absolute atomic E-state index is 0.229. The van der Waals surface area contributed by atoms with Crippen molar-refractivity contribution >= 4 is 0 Å². The third-order valence-corrected chi connectivity index (χ3v) is 3.24. The number of oxazole rings is 1. The van der Waals surface area contributed by atoms with Gasteiger partial charge in [0.2, 0.25) is 0 Å². The maximum absolute atomic E-state index is 13.5. The molecule has 0 radical (unpaired) electrons. The van der Waals surface area contributed by atoms with Crippen molar-refractivity contribution in [2.45, 2.75) is 19.8 Å². The molecule has 2 aromatic rings. The van der Waals surface area contributed by atoms with E-state index in [4.69, 9.17) is 9.15 Å². The van der Waals surface area contributed by atoms with Crippen LogP contribution in [0.1, 0.15) is 17.9 Å². The molecular formula is C16H21FN2O2. The lowest BCUT2D eigenvalue weighted by molar-refractivity contribution is 0.199. The first kappa shape index (κ1) is 15.7. The highest BCUT2D eigenvalue weighted by molar-refractivity contribution is 5.56. The SMILES string of the molecule is COCCNCCCc1ncc(-c2ccc(C)c(F)c2)o1. The number of rotatable bonds is 8. The fourth-order valence-electron chi connectivity index (χ4n) is 1.97. The van der Waals surface area contributed by atoms with Gasteiger partial charge in [0.1, 0.15) is 5.82 Å². The summed E-state index contributed by atoms with van der Waals surface area (Å²) in [7, 11) is 1.68. The Bertz CT molecular complexity index is 569. The topological polar surface area (TPSA) is 47.3 Å². The zero-order chi connectivity index (χ0) is 15.1. The summed E-state index contributed by atoms with van der Waals surface area (Å²) in [6.07, 6.45) is 3.35. The number of halogens is 1. The van der Waals surface area contributed by atoms with Crippen molar-refractivity contribution in [2.75, 3.05) is 26.8 Å². The molecule has 1 aromatic heterocycles. The number of nitrogens with one attached hydrogen (secondary N) is 1. The second kappa shape index (κ2) is 7.90. The molecule has 0 saturated heterocycles. The van der Waals surface area contributed by atoms with Gasteiger partial charge < -0.3 is 14.5 Å². The molecule has 2 rings (SSSR count). The fraction of sp³-hybridized carbons (Fsp3) is 0.438. The minimum Gasteiger partial charge on any atom is -0.441 e. The van der Waals surface area contributed by atoms with E-state index in [0.29, 0.717) is 23.8 Å². The van der Waals surface area contributed by atoms with Gasteiger partial charge in [0.15, 0.2) is 11.7 Å². The first-order valence-electron chi connectivity index (χ1n) is 7.11. The molecule has 1 N–H and O–H groups in total. The molecule has 5 heteroatoms. The molecule has 21 heavy (non-hydrogen) atoms. The molecule has 1 aromatic carbocycles. The Morgan fingerprint density at radius 2 is 2.19 bits per heavy atom. The maximum Gasteiger partial charge on any atom is 0.194 e. The largest absolute Gasteiger partial charge is 0.441 e. The molecule has 0 unspecified atom stereocenters. The highest BCUT2D eigenvalue weighted by atomic mass is 19.1. The van der Waals surface area contributed by atoms with Crippen molar-refractivity contribution in [3.05, 3.63) is 41.7 Å². The molecule has 0 spiro atoms. The monoisotopic (exact) mass is 292 g/mol. The third kappa shape index (κ3) is 4.65. The fourth-order valence-corrected chi connectivity index (χ4v) is 1.97. The van der Waals surface area contributed by atoms with E-state index in [9.17, 15) is 4.39 Å². The van der Waals surface area contributed by atoms with Crippen LogP contribution in [0.2, 0.25) is 0 Å². The van der Waals surface area contributed by atoms with E-state index >= 15 is 0 Å². The van der Waals surface area contributed by atoms with Crippen LogP contribution in [0.5, 0.6) is 0 Å². The van der Waals surface area contributed by atoms with Crippen molar-refractivity contribution in [1.29, 1.82) is 0 Å². The Morgan fingerprint density at radius 3 is 2.95 bits per heavy atom. The minimum atomic E-state index is -0.229. The summed E-state index contributed by atoms with van der Waals surface area (Å²) in [4.78, 5) is 4.24. The van der Waals surface area contributed by atoms with Gasteiger partial charge in [-0.3, -0.25) is 0 Å². The standard InChI is InChI=1S/C16H21FN2O2/c1-12-5-6-13(10-14(12)17)15-11-19-16(21-15)4-3-7-18-8-9-20-2/h5-6,10-11,18H,3-4,7-9H2,1-2H3. The number of aryl methyl sites for hydroxylation is 2. The summed E-state index contributed by atoms with van der Waals surface area (Å²) in [5.74, 6) is 1.06. The van der Waals surface area contributed by atoms with Crippen molar-refractivity contribution in [3.8, 4) is 11.3 Å². The average Bonchev–Trinajstić information content (AvgIpc) is 2.94. The van der Waals surface area contributed by atoms with Gasteiger partial charge >= 0.3 is 0 Å². The molecule has 0 bridgehead atoms. The molecule has 0 saturated carbocycles. The second-order valence-electron chi connectivity index (χ2n) is 4.93. The summed E-state index contributed by atoms with van der Waals surface area (Å²) in [6.45, 7) is 4.18. The second-order valence-corrected chi connectivity index (χ2v) is 4.93. The molecule has 0 aliphatic rings. The zero-order valence-corrected chi connectivity index (χ0v) is 12.5. The number of ether oxygens (including phenoxy) is 1. The lowest BCUT2D eigenvalue weighted by atomic mass is 10.1. The van der Waals surface area contributed by atoms with E-state index in [-0.39, 0.29) is 5.82 Å². The van der Waals surface area contributed by atoms with Crippen LogP contribution < -0.4 is 5.32 Å². The molecular weight excluding hydrogens is 271 g/mol. The van der Waals surface area contributed by atoms with E-state index in [1.54, 1.807) is 26.3 Å². The van der Waals surface area contributed by atoms with Crippen LogP contribution in [0, 0.1) is 12.7 Å². The number of nitrogens with zero attached hydrogens (tertiary/aromatic N) is 1. The predicted molar refractivity (Wildman–Crippen MR) is 79.7 cm³/mol. The lowest BCUT2D eigenvalue weighted by Gasteiger charge is -2.02. The van der Waals surface area contributed by atoms with E-state index in [2.05, 4.69) is 10.3 Å².